The van der Waals surface area contributed by atoms with Gasteiger partial charge in [0, 0.05) is 7.05 Å². The lowest BCUT2D eigenvalue weighted by atomic mass is 10.2. The summed E-state index contributed by atoms with van der Waals surface area (Å²) in [6, 6.07) is 2.71. The molecule has 7 nitrogen and oxygen atoms in total. The van der Waals surface area contributed by atoms with Crippen molar-refractivity contribution < 1.29 is 19.2 Å². The highest BCUT2D eigenvalue weighted by atomic mass is 32.1. The first-order chi connectivity index (χ1) is 9.90. The molecule has 1 aromatic rings. The molecule has 2 heterocycles. The average Bonchev–Trinajstić information content (AvgIpc) is 2.95. The van der Waals surface area contributed by atoms with Crippen molar-refractivity contribution in [1.82, 2.24) is 15.1 Å². The minimum absolute atomic E-state index is 0.174. The molecule has 2 rings (SSSR count). The Morgan fingerprint density at radius 1 is 1.48 bits per heavy atom. The number of piperazine rings is 1. The van der Waals surface area contributed by atoms with Gasteiger partial charge in [-0.15, -0.1) is 11.3 Å². The Hall–Kier alpha value is -2.22. The molecule has 21 heavy (non-hydrogen) atoms. The number of imide groups is 1. The third kappa shape index (κ3) is 3.27. The SMILES string of the molecule is CC1C(=O)NC(=O)CN1C(=O)CN(C)C(=O)c1cccs1. The van der Waals surface area contributed by atoms with Crippen LogP contribution < -0.4 is 5.32 Å². The highest BCUT2D eigenvalue weighted by Gasteiger charge is 2.34. The molecule has 1 unspecified atom stereocenters. The standard InChI is InChI=1S/C13H15N3O4S/c1-8-12(19)14-10(17)6-16(8)11(18)7-15(2)13(20)9-4-3-5-21-9/h3-5,8H,6-7H2,1-2H3,(H,14,17,19). The summed E-state index contributed by atoms with van der Waals surface area (Å²) < 4.78 is 0. The van der Waals surface area contributed by atoms with Crippen molar-refractivity contribution in [3.8, 4) is 0 Å². The molecule has 8 heteroatoms. The van der Waals surface area contributed by atoms with E-state index in [9.17, 15) is 19.2 Å². The fourth-order valence-corrected chi connectivity index (χ4v) is 2.69. The molecule has 0 aliphatic carbocycles. The van der Waals surface area contributed by atoms with E-state index in [1.165, 1.54) is 28.2 Å². The van der Waals surface area contributed by atoms with Gasteiger partial charge < -0.3 is 9.80 Å². The van der Waals surface area contributed by atoms with Crippen LogP contribution in [0.5, 0.6) is 0 Å². The monoisotopic (exact) mass is 309 g/mol. The molecule has 4 amide bonds. The van der Waals surface area contributed by atoms with Gasteiger partial charge in [0.25, 0.3) is 5.91 Å². The minimum atomic E-state index is -0.722. The minimum Gasteiger partial charge on any atom is -0.332 e. The van der Waals surface area contributed by atoms with Crippen LogP contribution in [0.3, 0.4) is 0 Å². The second kappa shape index (κ2) is 6.04. The van der Waals surface area contributed by atoms with Crippen molar-refractivity contribution in [1.29, 1.82) is 0 Å². The van der Waals surface area contributed by atoms with E-state index in [0.717, 1.165) is 0 Å². The largest absolute Gasteiger partial charge is 0.332 e. The van der Waals surface area contributed by atoms with Gasteiger partial charge in [-0.2, -0.15) is 0 Å². The van der Waals surface area contributed by atoms with E-state index in [4.69, 9.17) is 0 Å². The van der Waals surface area contributed by atoms with E-state index in [1.54, 1.807) is 24.4 Å². The fourth-order valence-electron chi connectivity index (χ4n) is 1.97. The highest BCUT2D eigenvalue weighted by molar-refractivity contribution is 7.12. The molecule has 0 saturated carbocycles. The Labute approximate surface area is 125 Å². The third-order valence-electron chi connectivity index (χ3n) is 3.19. The summed E-state index contributed by atoms with van der Waals surface area (Å²) in [5, 5.41) is 3.94. The molecule has 1 fully saturated rings. The van der Waals surface area contributed by atoms with Crippen LogP contribution in [0.25, 0.3) is 0 Å². The summed E-state index contributed by atoms with van der Waals surface area (Å²) in [4.78, 5) is 50.1. The number of amides is 4. The quantitative estimate of drug-likeness (QED) is 0.776. The van der Waals surface area contributed by atoms with Crippen LogP contribution in [0, 0.1) is 0 Å². The van der Waals surface area contributed by atoms with E-state index in [0.29, 0.717) is 4.88 Å². The van der Waals surface area contributed by atoms with E-state index >= 15 is 0 Å². The number of rotatable bonds is 3. The summed E-state index contributed by atoms with van der Waals surface area (Å²) in [5.74, 6) is -1.72. The number of nitrogens with one attached hydrogen (secondary N) is 1. The van der Waals surface area contributed by atoms with Gasteiger partial charge in [0.15, 0.2) is 0 Å². The Balaban J connectivity index is 2.02. The number of carbonyl (C=O) groups is 4. The maximum absolute atomic E-state index is 12.2. The summed E-state index contributed by atoms with van der Waals surface area (Å²) >= 11 is 1.29. The number of likely N-dealkylation sites (N-methyl/N-ethyl adjacent to an activating group) is 1. The lowest BCUT2D eigenvalue weighted by Crippen LogP contribution is -2.60. The maximum atomic E-state index is 12.2. The van der Waals surface area contributed by atoms with E-state index in [2.05, 4.69) is 5.32 Å². The zero-order valence-corrected chi connectivity index (χ0v) is 12.5. The van der Waals surface area contributed by atoms with Crippen molar-refractivity contribution in [3.63, 3.8) is 0 Å². The van der Waals surface area contributed by atoms with Crippen LogP contribution in [0.2, 0.25) is 0 Å². The third-order valence-corrected chi connectivity index (χ3v) is 4.05. The molecule has 1 aliphatic rings. The Bertz CT molecular complexity index is 584. The molecular formula is C13H15N3O4S. The summed E-state index contributed by atoms with van der Waals surface area (Å²) in [6.45, 7) is 1.19. The first-order valence-corrected chi connectivity index (χ1v) is 7.20. The molecule has 0 radical (unpaired) electrons. The predicted octanol–water partition coefficient (Wildman–Crippen LogP) is -0.306. The molecule has 0 bridgehead atoms. The first kappa shape index (κ1) is 15.2. The van der Waals surface area contributed by atoms with E-state index in [1.807, 2.05) is 0 Å². The van der Waals surface area contributed by atoms with Crippen LogP contribution in [-0.2, 0) is 14.4 Å². The maximum Gasteiger partial charge on any atom is 0.264 e. The number of hydrogen-bond donors (Lipinski definition) is 1. The smallest absolute Gasteiger partial charge is 0.264 e. The van der Waals surface area contributed by atoms with Gasteiger partial charge >= 0.3 is 0 Å². The normalized spacial score (nSPS) is 18.4. The molecule has 0 aromatic carbocycles. The van der Waals surface area contributed by atoms with Crippen LogP contribution in [0.4, 0.5) is 0 Å². The average molecular weight is 309 g/mol. The molecule has 112 valence electrons. The van der Waals surface area contributed by atoms with Gasteiger partial charge in [-0.25, -0.2) is 0 Å². The van der Waals surface area contributed by atoms with E-state index in [-0.39, 0.29) is 19.0 Å². The van der Waals surface area contributed by atoms with Crippen molar-refractivity contribution >= 4 is 35.0 Å². The highest BCUT2D eigenvalue weighted by Crippen LogP contribution is 2.12. The number of carbonyl (C=O) groups excluding carboxylic acids is 4. The Morgan fingerprint density at radius 3 is 2.81 bits per heavy atom. The van der Waals surface area contributed by atoms with Crippen molar-refractivity contribution in [3.05, 3.63) is 22.4 Å². The topological polar surface area (TPSA) is 86.8 Å². The van der Waals surface area contributed by atoms with Crippen LogP contribution >= 0.6 is 11.3 Å². The molecular weight excluding hydrogens is 294 g/mol. The molecule has 0 spiro atoms. The second-order valence-electron chi connectivity index (χ2n) is 4.75. The van der Waals surface area contributed by atoms with Gasteiger partial charge in [-0.3, -0.25) is 24.5 Å². The van der Waals surface area contributed by atoms with Gasteiger partial charge in [0.2, 0.25) is 17.7 Å². The number of thiophene rings is 1. The summed E-state index contributed by atoms with van der Waals surface area (Å²) in [5.41, 5.74) is 0. The van der Waals surface area contributed by atoms with Crippen LogP contribution in [-0.4, -0.2) is 59.6 Å². The Kier molecular flexibility index (Phi) is 4.37. The number of nitrogens with zero attached hydrogens (tertiary/aromatic N) is 2. The number of hydrogen-bond acceptors (Lipinski definition) is 5. The zero-order chi connectivity index (χ0) is 15.6. The first-order valence-electron chi connectivity index (χ1n) is 6.32. The summed E-state index contributed by atoms with van der Waals surface area (Å²) in [6.07, 6.45) is 0. The van der Waals surface area contributed by atoms with Crippen LogP contribution in [0.1, 0.15) is 16.6 Å². The molecule has 1 atom stereocenters. The van der Waals surface area contributed by atoms with Crippen molar-refractivity contribution in [2.24, 2.45) is 0 Å². The Morgan fingerprint density at radius 2 is 2.19 bits per heavy atom. The molecule has 1 saturated heterocycles. The van der Waals surface area contributed by atoms with Crippen LogP contribution in [0.15, 0.2) is 17.5 Å². The van der Waals surface area contributed by atoms with Gasteiger partial charge in [-0.05, 0) is 18.4 Å². The molecule has 1 N–H and O–H groups in total. The molecule has 1 aromatic heterocycles. The summed E-state index contributed by atoms with van der Waals surface area (Å²) in [7, 11) is 1.51. The predicted molar refractivity (Wildman–Crippen MR) is 75.6 cm³/mol. The zero-order valence-electron chi connectivity index (χ0n) is 11.7. The lowest BCUT2D eigenvalue weighted by molar-refractivity contribution is -0.149. The van der Waals surface area contributed by atoms with Crippen molar-refractivity contribution in [2.75, 3.05) is 20.1 Å². The second-order valence-corrected chi connectivity index (χ2v) is 5.70. The van der Waals surface area contributed by atoms with Gasteiger partial charge in [0.05, 0.1) is 11.4 Å². The van der Waals surface area contributed by atoms with Gasteiger partial charge in [-0.1, -0.05) is 6.07 Å². The fraction of sp³-hybridized carbons (Fsp3) is 0.385. The van der Waals surface area contributed by atoms with Gasteiger partial charge in [0.1, 0.15) is 12.6 Å². The lowest BCUT2D eigenvalue weighted by Gasteiger charge is -2.32. The van der Waals surface area contributed by atoms with E-state index < -0.39 is 23.8 Å². The van der Waals surface area contributed by atoms with Crippen molar-refractivity contribution in [2.45, 2.75) is 13.0 Å². The molecule has 1 aliphatic heterocycles.